The number of aryl methyl sites for hydroxylation is 2. The minimum absolute atomic E-state index is 0.0782. The van der Waals surface area contributed by atoms with Gasteiger partial charge in [-0.25, -0.2) is 0 Å². The van der Waals surface area contributed by atoms with Crippen molar-refractivity contribution in [1.29, 1.82) is 0 Å². The molecular weight excluding hydrogens is 356 g/mol. The predicted octanol–water partition coefficient (Wildman–Crippen LogP) is 2.83. The fourth-order valence-corrected chi connectivity index (χ4v) is 3.28. The maximum atomic E-state index is 12.3. The number of amides is 2. The lowest BCUT2D eigenvalue weighted by atomic mass is 10.1. The molecule has 1 atom stereocenters. The fraction of sp³-hybridized carbons (Fsp3) is 0.318. The van der Waals surface area contributed by atoms with Gasteiger partial charge in [0.25, 0.3) is 5.91 Å². The first-order valence-electron chi connectivity index (χ1n) is 9.28. The molecule has 146 valence electrons. The number of hydrogen-bond acceptors (Lipinski definition) is 4. The van der Waals surface area contributed by atoms with Crippen LogP contribution < -0.4 is 5.32 Å². The van der Waals surface area contributed by atoms with E-state index in [0.29, 0.717) is 18.8 Å². The Morgan fingerprint density at radius 1 is 1.14 bits per heavy atom. The molecule has 1 heterocycles. The second kappa shape index (κ2) is 8.69. The summed E-state index contributed by atoms with van der Waals surface area (Å²) in [6.07, 6.45) is 0.115. The molecule has 1 N–H and O–H groups in total. The van der Waals surface area contributed by atoms with Gasteiger partial charge in [0.15, 0.2) is 6.61 Å². The summed E-state index contributed by atoms with van der Waals surface area (Å²) in [6.45, 7) is 4.29. The number of nitrogens with zero attached hydrogens (tertiary/aromatic N) is 1. The van der Waals surface area contributed by atoms with E-state index in [4.69, 9.17) is 4.74 Å². The van der Waals surface area contributed by atoms with Crippen molar-refractivity contribution in [3.8, 4) is 0 Å². The third-order valence-electron chi connectivity index (χ3n) is 4.77. The Kier molecular flexibility index (Phi) is 6.09. The Bertz CT molecular complexity index is 879. The number of carbonyl (C=O) groups is 3. The average molecular weight is 380 g/mol. The molecule has 0 bridgehead atoms. The number of ether oxygens (including phenoxy) is 1. The smallest absolute Gasteiger partial charge is 0.311 e. The molecule has 2 aromatic carbocycles. The molecule has 2 amide bonds. The Labute approximate surface area is 164 Å². The largest absolute Gasteiger partial charge is 0.455 e. The molecule has 0 aliphatic carbocycles. The monoisotopic (exact) mass is 380 g/mol. The Balaban J connectivity index is 1.48. The standard InChI is InChI=1S/C22H24N2O4/c1-15-8-9-19(16(2)10-15)23-20(25)14-28-22(27)18-11-21(26)24(13-18)12-17-6-4-3-5-7-17/h3-10,18H,11-14H2,1-2H3,(H,23,25)/t18-/m0/s1. The average Bonchev–Trinajstić information content (AvgIpc) is 3.03. The minimum atomic E-state index is -0.537. The Morgan fingerprint density at radius 2 is 1.89 bits per heavy atom. The number of hydrogen-bond donors (Lipinski definition) is 1. The molecule has 6 nitrogen and oxygen atoms in total. The molecule has 28 heavy (non-hydrogen) atoms. The van der Waals surface area contributed by atoms with E-state index in [1.165, 1.54) is 0 Å². The van der Waals surface area contributed by atoms with Gasteiger partial charge in [0, 0.05) is 25.2 Å². The summed E-state index contributed by atoms with van der Waals surface area (Å²) in [5.41, 5.74) is 3.75. The third-order valence-corrected chi connectivity index (χ3v) is 4.77. The van der Waals surface area contributed by atoms with Crippen molar-refractivity contribution in [1.82, 2.24) is 4.90 Å². The maximum Gasteiger partial charge on any atom is 0.311 e. The van der Waals surface area contributed by atoms with E-state index >= 15 is 0 Å². The minimum Gasteiger partial charge on any atom is -0.455 e. The van der Waals surface area contributed by atoms with Crippen LogP contribution in [-0.4, -0.2) is 35.8 Å². The number of likely N-dealkylation sites (tertiary alicyclic amines) is 1. The predicted molar refractivity (Wildman–Crippen MR) is 105 cm³/mol. The lowest BCUT2D eigenvalue weighted by molar-refractivity contribution is -0.151. The van der Waals surface area contributed by atoms with Gasteiger partial charge < -0.3 is 15.0 Å². The number of carbonyl (C=O) groups excluding carboxylic acids is 3. The molecule has 0 radical (unpaired) electrons. The van der Waals surface area contributed by atoms with Gasteiger partial charge in [-0.3, -0.25) is 14.4 Å². The molecule has 2 aromatic rings. The van der Waals surface area contributed by atoms with Crippen molar-refractivity contribution in [2.24, 2.45) is 5.92 Å². The van der Waals surface area contributed by atoms with Crippen LogP contribution in [0.5, 0.6) is 0 Å². The highest BCUT2D eigenvalue weighted by atomic mass is 16.5. The lowest BCUT2D eigenvalue weighted by Crippen LogP contribution is -2.28. The van der Waals surface area contributed by atoms with Crippen LogP contribution in [0.2, 0.25) is 0 Å². The maximum absolute atomic E-state index is 12.3. The van der Waals surface area contributed by atoms with E-state index in [-0.39, 0.29) is 18.9 Å². The van der Waals surface area contributed by atoms with Gasteiger partial charge >= 0.3 is 5.97 Å². The number of anilines is 1. The summed E-state index contributed by atoms with van der Waals surface area (Å²) in [6, 6.07) is 15.3. The van der Waals surface area contributed by atoms with E-state index in [1.54, 1.807) is 4.90 Å². The Hall–Kier alpha value is -3.15. The van der Waals surface area contributed by atoms with Gasteiger partial charge in [-0.1, -0.05) is 48.0 Å². The summed E-state index contributed by atoms with van der Waals surface area (Å²) in [5, 5.41) is 2.74. The van der Waals surface area contributed by atoms with Crippen LogP contribution >= 0.6 is 0 Å². The van der Waals surface area contributed by atoms with Crippen molar-refractivity contribution in [3.05, 3.63) is 65.2 Å². The molecule has 3 rings (SSSR count). The Morgan fingerprint density at radius 3 is 2.61 bits per heavy atom. The molecular formula is C22H24N2O4. The van der Waals surface area contributed by atoms with E-state index < -0.39 is 17.8 Å². The number of benzene rings is 2. The van der Waals surface area contributed by atoms with Gasteiger partial charge in [-0.15, -0.1) is 0 Å². The molecule has 1 aliphatic rings. The molecule has 0 aromatic heterocycles. The third kappa shape index (κ3) is 4.97. The second-order valence-corrected chi connectivity index (χ2v) is 7.14. The zero-order chi connectivity index (χ0) is 20.1. The molecule has 1 aliphatic heterocycles. The summed E-state index contributed by atoms with van der Waals surface area (Å²) in [4.78, 5) is 38.2. The lowest BCUT2D eigenvalue weighted by Gasteiger charge is -2.16. The molecule has 1 fully saturated rings. The van der Waals surface area contributed by atoms with Crippen LogP contribution in [0.3, 0.4) is 0 Å². The van der Waals surface area contributed by atoms with Crippen molar-refractivity contribution in [2.75, 3.05) is 18.5 Å². The van der Waals surface area contributed by atoms with Gasteiger partial charge in [0.2, 0.25) is 5.91 Å². The highest BCUT2D eigenvalue weighted by molar-refractivity contribution is 5.94. The summed E-state index contributed by atoms with van der Waals surface area (Å²) >= 11 is 0. The molecule has 0 saturated carbocycles. The van der Waals surface area contributed by atoms with E-state index in [2.05, 4.69) is 5.32 Å². The van der Waals surface area contributed by atoms with Gasteiger partial charge in [-0.05, 0) is 31.0 Å². The first-order valence-corrected chi connectivity index (χ1v) is 9.28. The van der Waals surface area contributed by atoms with Crippen LogP contribution in [0, 0.1) is 19.8 Å². The van der Waals surface area contributed by atoms with Crippen molar-refractivity contribution in [3.63, 3.8) is 0 Å². The number of nitrogens with one attached hydrogen (secondary N) is 1. The van der Waals surface area contributed by atoms with Crippen molar-refractivity contribution < 1.29 is 19.1 Å². The van der Waals surface area contributed by atoms with Gasteiger partial charge in [0.05, 0.1) is 5.92 Å². The highest BCUT2D eigenvalue weighted by Gasteiger charge is 2.35. The van der Waals surface area contributed by atoms with Gasteiger partial charge in [0.1, 0.15) is 0 Å². The van der Waals surface area contributed by atoms with Crippen LogP contribution in [0.4, 0.5) is 5.69 Å². The van der Waals surface area contributed by atoms with E-state index in [9.17, 15) is 14.4 Å². The highest BCUT2D eigenvalue weighted by Crippen LogP contribution is 2.21. The van der Waals surface area contributed by atoms with Crippen molar-refractivity contribution in [2.45, 2.75) is 26.8 Å². The molecule has 1 saturated heterocycles. The van der Waals surface area contributed by atoms with Crippen LogP contribution in [-0.2, 0) is 25.7 Å². The van der Waals surface area contributed by atoms with Crippen LogP contribution in [0.25, 0.3) is 0 Å². The summed E-state index contributed by atoms with van der Waals surface area (Å²) < 4.78 is 5.14. The van der Waals surface area contributed by atoms with Crippen LogP contribution in [0.1, 0.15) is 23.1 Å². The number of esters is 1. The molecule has 0 unspecified atom stereocenters. The molecule has 6 heteroatoms. The SMILES string of the molecule is Cc1ccc(NC(=O)COC(=O)[C@H]2CC(=O)N(Cc3ccccc3)C2)c(C)c1. The van der Waals surface area contributed by atoms with Crippen molar-refractivity contribution >= 4 is 23.5 Å². The number of rotatable bonds is 6. The van der Waals surface area contributed by atoms with E-state index in [1.807, 2.05) is 62.4 Å². The second-order valence-electron chi connectivity index (χ2n) is 7.14. The topological polar surface area (TPSA) is 75.7 Å². The fourth-order valence-electron chi connectivity index (χ4n) is 3.28. The summed E-state index contributed by atoms with van der Waals surface area (Å²) in [7, 11) is 0. The van der Waals surface area contributed by atoms with Crippen LogP contribution in [0.15, 0.2) is 48.5 Å². The zero-order valence-electron chi connectivity index (χ0n) is 16.1. The van der Waals surface area contributed by atoms with Gasteiger partial charge in [-0.2, -0.15) is 0 Å². The quantitative estimate of drug-likeness (QED) is 0.782. The first-order chi connectivity index (χ1) is 13.4. The normalized spacial score (nSPS) is 16.1. The van der Waals surface area contributed by atoms with E-state index in [0.717, 1.165) is 16.7 Å². The summed E-state index contributed by atoms with van der Waals surface area (Å²) in [5.74, 6) is -1.53. The molecule has 0 spiro atoms. The zero-order valence-corrected chi connectivity index (χ0v) is 16.1. The first kappa shape index (κ1) is 19.6.